The minimum atomic E-state index is -2.52. The minimum absolute atomic E-state index is 0.0281. The van der Waals surface area contributed by atoms with Gasteiger partial charge in [0.1, 0.15) is 5.82 Å². The summed E-state index contributed by atoms with van der Waals surface area (Å²) in [5.74, 6) is -4.55. The first-order chi connectivity index (χ1) is 18.7. The van der Waals surface area contributed by atoms with Crippen LogP contribution in [0.4, 0.5) is 35.0 Å². The molecule has 3 aromatic rings. The van der Waals surface area contributed by atoms with Crippen molar-refractivity contribution in [2.45, 2.75) is 9.96 Å². The molecule has 1 unspecified atom stereocenters. The van der Waals surface area contributed by atoms with Crippen molar-refractivity contribution in [2.75, 3.05) is 16.8 Å². The topological polar surface area (TPSA) is 56.2 Å². The Hall–Kier alpha value is -1.73. The van der Waals surface area contributed by atoms with Crippen molar-refractivity contribution in [3.8, 4) is 0 Å². The molecule has 16 heteroatoms. The molecule has 0 aliphatic carbocycles. The van der Waals surface area contributed by atoms with Crippen LogP contribution in [-0.2, 0) is 4.79 Å². The predicted octanol–water partition coefficient (Wildman–Crippen LogP) is 9.27. The normalized spacial score (nSPS) is 15.8. The van der Waals surface area contributed by atoms with E-state index >= 15 is 8.78 Å². The quantitative estimate of drug-likeness (QED) is 0.147. The zero-order valence-electron chi connectivity index (χ0n) is 19.6. The summed E-state index contributed by atoms with van der Waals surface area (Å²) in [5.41, 5.74) is -1.13. The maximum atomic E-state index is 15.7. The van der Waals surface area contributed by atoms with Crippen molar-refractivity contribution in [1.29, 1.82) is 0 Å². The lowest BCUT2D eigenvalue weighted by Crippen LogP contribution is -2.44. The van der Waals surface area contributed by atoms with E-state index in [0.29, 0.717) is 9.80 Å². The van der Waals surface area contributed by atoms with Gasteiger partial charge in [-0.3, -0.25) is 9.69 Å². The molecule has 0 radical (unpaired) electrons. The molecule has 4 rings (SSSR count). The molecule has 1 aliphatic rings. The van der Waals surface area contributed by atoms with Crippen molar-refractivity contribution < 1.29 is 22.8 Å². The summed E-state index contributed by atoms with van der Waals surface area (Å²) in [4.78, 5) is 32.6. The number of benzene rings is 3. The average molecular weight is 782 g/mol. The van der Waals surface area contributed by atoms with Crippen LogP contribution in [0.2, 0.25) is 10.0 Å². The molecule has 210 valence electrons. The van der Waals surface area contributed by atoms with Gasteiger partial charge in [-0.2, -0.15) is 0 Å². The Labute approximate surface area is 267 Å². The van der Waals surface area contributed by atoms with Crippen LogP contribution in [0.15, 0.2) is 62.5 Å². The van der Waals surface area contributed by atoms with Crippen LogP contribution in [0.1, 0.15) is 0 Å². The van der Waals surface area contributed by atoms with Gasteiger partial charge in [-0.1, -0.05) is 70.1 Å². The van der Waals surface area contributed by atoms with Crippen LogP contribution < -0.4 is 9.80 Å². The molecule has 0 N–H and O–H groups in total. The molecule has 1 atom stereocenters. The van der Waals surface area contributed by atoms with E-state index in [1.54, 1.807) is 0 Å². The number of anilines is 3. The summed E-state index contributed by atoms with van der Waals surface area (Å²) in [6.07, 6.45) is -1.94. The largest absolute Gasteiger partial charge is 0.337 e. The Balaban J connectivity index is 2.05. The monoisotopic (exact) mass is 778 g/mol. The maximum Gasteiger partial charge on any atom is 0.337 e. The molecule has 0 bridgehead atoms. The summed E-state index contributed by atoms with van der Waals surface area (Å²) in [7, 11) is 1.13. The van der Waals surface area contributed by atoms with Crippen molar-refractivity contribution in [3.63, 3.8) is 0 Å². The molecule has 1 saturated heterocycles. The van der Waals surface area contributed by atoms with Crippen LogP contribution in [0, 0.1) is 17.5 Å². The van der Waals surface area contributed by atoms with E-state index in [1.807, 2.05) is 0 Å². The molecular weight excluding hydrogens is 770 g/mol. The second-order valence-electron chi connectivity index (χ2n) is 8.06. The molecule has 6 nitrogen and oxygen atoms in total. The van der Waals surface area contributed by atoms with Crippen LogP contribution >= 0.6 is 89.9 Å². The number of para-hydroxylation sites is 1. The zero-order valence-corrected chi connectivity index (χ0v) is 26.5. The third-order valence-electron chi connectivity index (χ3n) is 5.61. The van der Waals surface area contributed by atoms with Gasteiger partial charge >= 0.3 is 6.03 Å². The highest BCUT2D eigenvalue weighted by atomic mass is 79.9. The second-order valence-corrected chi connectivity index (χ2v) is 12.8. The summed E-state index contributed by atoms with van der Waals surface area (Å²) < 4.78 is 43.2. The standard InChI is InChI=1S/C24H12Br2Cl5F3N4O2/c1-36-21(39)20(38(23(36)40)13-5-3-2-4-12(13)32)35-22(24(29,30)31)37(14-8-6-10(27)16(25)18(14)33)15-9-7-11(28)17(26)19(15)34/h2-9,22H,1H3. The number of likely N-dealkylation sites (N-methyl/N-ethyl adjacent to an activating group) is 1. The number of amidine groups is 1. The predicted molar refractivity (Wildman–Crippen MR) is 159 cm³/mol. The SMILES string of the molecule is CN1C(=O)C(=NC(N(c2ccc(Cl)c(Br)c2F)c2ccc(Cl)c(Br)c2F)C(Cl)(Cl)Cl)N(c2ccccc2F)C1=O. The number of amides is 3. The first kappa shape index (κ1) is 31.2. The summed E-state index contributed by atoms with van der Waals surface area (Å²) in [6, 6.07) is 9.00. The Morgan fingerprint density at radius 1 is 0.875 bits per heavy atom. The molecule has 3 amide bonds. The number of rotatable bonds is 5. The fourth-order valence-electron chi connectivity index (χ4n) is 3.73. The maximum absolute atomic E-state index is 15.7. The van der Waals surface area contributed by atoms with Crippen LogP contribution in [0.5, 0.6) is 0 Å². The van der Waals surface area contributed by atoms with Gasteiger partial charge in [0, 0.05) is 7.05 Å². The van der Waals surface area contributed by atoms with Crippen molar-refractivity contribution in [2.24, 2.45) is 4.99 Å². The third-order valence-corrected chi connectivity index (χ3v) is 8.83. The molecule has 0 aromatic heterocycles. The van der Waals surface area contributed by atoms with Crippen molar-refractivity contribution >= 4 is 125 Å². The first-order valence-electron chi connectivity index (χ1n) is 10.7. The number of nitrogens with zero attached hydrogens (tertiary/aromatic N) is 4. The van der Waals surface area contributed by atoms with Crippen LogP contribution in [0.3, 0.4) is 0 Å². The van der Waals surface area contributed by atoms with E-state index in [-0.39, 0.29) is 24.7 Å². The Bertz CT molecular complexity index is 1520. The number of hydrogen-bond acceptors (Lipinski definition) is 4. The number of hydrogen-bond donors (Lipinski definition) is 0. The van der Waals surface area contributed by atoms with Gasteiger partial charge in [0.2, 0.25) is 9.63 Å². The molecule has 1 heterocycles. The molecule has 0 spiro atoms. The molecule has 0 saturated carbocycles. The van der Waals surface area contributed by atoms with Crippen LogP contribution in [-0.4, -0.2) is 39.7 Å². The molecule has 1 aliphatic heterocycles. The lowest BCUT2D eigenvalue weighted by molar-refractivity contribution is -0.119. The van der Waals surface area contributed by atoms with Gasteiger partial charge in [-0.15, -0.1) is 0 Å². The van der Waals surface area contributed by atoms with Gasteiger partial charge in [-0.05, 0) is 68.3 Å². The Kier molecular flexibility index (Phi) is 9.26. The molecule has 40 heavy (non-hydrogen) atoms. The van der Waals surface area contributed by atoms with Crippen molar-refractivity contribution in [3.05, 3.63) is 85.0 Å². The van der Waals surface area contributed by atoms with E-state index in [1.165, 1.54) is 30.3 Å². The number of carbonyl (C=O) groups excluding carboxylic acids is 2. The fraction of sp³-hybridized carbons (Fsp3) is 0.125. The van der Waals surface area contributed by atoms with Crippen molar-refractivity contribution in [1.82, 2.24) is 4.90 Å². The number of imide groups is 1. The first-order valence-corrected chi connectivity index (χ1v) is 14.2. The molecule has 1 fully saturated rings. The highest BCUT2D eigenvalue weighted by Crippen LogP contribution is 2.46. The van der Waals surface area contributed by atoms with Gasteiger partial charge in [0.05, 0.1) is 36.1 Å². The van der Waals surface area contributed by atoms with E-state index in [9.17, 15) is 14.0 Å². The van der Waals surface area contributed by atoms with E-state index in [2.05, 4.69) is 36.9 Å². The number of alkyl halides is 3. The van der Waals surface area contributed by atoms with Gasteiger partial charge in [-0.25, -0.2) is 27.9 Å². The number of aliphatic imine (C=N–C) groups is 1. The smallest absolute Gasteiger partial charge is 0.309 e. The molecule has 3 aromatic carbocycles. The van der Waals surface area contributed by atoms with E-state index in [0.717, 1.165) is 30.1 Å². The van der Waals surface area contributed by atoms with Gasteiger partial charge < -0.3 is 4.90 Å². The average Bonchev–Trinajstić information content (AvgIpc) is 3.10. The molecular formula is C24H12Br2Cl5F3N4O2. The highest BCUT2D eigenvalue weighted by Gasteiger charge is 2.47. The minimum Gasteiger partial charge on any atom is -0.309 e. The van der Waals surface area contributed by atoms with Crippen LogP contribution in [0.25, 0.3) is 0 Å². The number of urea groups is 1. The van der Waals surface area contributed by atoms with E-state index < -0.39 is 56.6 Å². The fourth-order valence-corrected chi connectivity index (χ4v) is 5.13. The van der Waals surface area contributed by atoms with Gasteiger partial charge in [0.15, 0.2) is 17.8 Å². The zero-order chi connectivity index (χ0) is 29.7. The third kappa shape index (κ3) is 5.66. The second kappa shape index (κ2) is 11.9. The summed E-state index contributed by atoms with van der Waals surface area (Å²) in [6.45, 7) is 0. The van der Waals surface area contributed by atoms with E-state index in [4.69, 9.17) is 58.0 Å². The highest BCUT2D eigenvalue weighted by molar-refractivity contribution is 9.10. The van der Waals surface area contributed by atoms with Gasteiger partial charge in [0.25, 0.3) is 5.91 Å². The Morgan fingerprint density at radius 2 is 1.38 bits per heavy atom. The lowest BCUT2D eigenvalue weighted by Gasteiger charge is -2.36. The number of halogens is 10. The number of carbonyl (C=O) groups is 2. The lowest BCUT2D eigenvalue weighted by atomic mass is 10.2. The summed E-state index contributed by atoms with van der Waals surface area (Å²) in [5, 5.41) is -0.0562. The summed E-state index contributed by atoms with van der Waals surface area (Å²) >= 11 is 37.1. The Morgan fingerprint density at radius 3 is 1.85 bits per heavy atom.